The molecule has 2 aromatic carbocycles. The van der Waals surface area contributed by atoms with E-state index in [1.165, 1.54) is 12.1 Å². The van der Waals surface area contributed by atoms with Crippen molar-refractivity contribution in [3.05, 3.63) is 70.6 Å². The van der Waals surface area contributed by atoms with E-state index in [4.69, 9.17) is 16.6 Å². The molecule has 0 saturated carbocycles. The largest absolute Gasteiger partial charge is 0.352 e. The van der Waals surface area contributed by atoms with Crippen LogP contribution in [0, 0.1) is 18.7 Å². The molecule has 1 N–H and O–H groups in total. The zero-order valence-corrected chi connectivity index (χ0v) is 19.7. The number of aryl methyl sites for hydroxylation is 1. The van der Waals surface area contributed by atoms with Crippen LogP contribution in [-0.2, 0) is 11.3 Å². The van der Waals surface area contributed by atoms with Crippen molar-refractivity contribution in [3.8, 4) is 5.69 Å². The molecule has 1 atom stereocenters. The minimum absolute atomic E-state index is 0.0198. The second kappa shape index (κ2) is 9.11. The number of aromatic nitrogens is 3. The number of halogens is 2. The van der Waals surface area contributed by atoms with Crippen LogP contribution in [0.4, 0.5) is 9.52 Å². The number of amides is 1. The summed E-state index contributed by atoms with van der Waals surface area (Å²) in [7, 11) is 0. The molecule has 5 rings (SSSR count). The van der Waals surface area contributed by atoms with Crippen LogP contribution < -0.4 is 10.2 Å². The van der Waals surface area contributed by atoms with Gasteiger partial charge in [-0.3, -0.25) is 4.79 Å². The maximum Gasteiger partial charge on any atom is 0.225 e. The molecule has 1 saturated heterocycles. The maximum atomic E-state index is 13.1. The van der Waals surface area contributed by atoms with Crippen molar-refractivity contribution in [3.63, 3.8) is 0 Å². The number of hydrogen-bond acceptors (Lipinski definition) is 5. The van der Waals surface area contributed by atoms with Gasteiger partial charge in [-0.15, -0.1) is 0 Å². The molecule has 3 heterocycles. The van der Waals surface area contributed by atoms with Gasteiger partial charge in [0.15, 0.2) is 10.8 Å². The van der Waals surface area contributed by atoms with Gasteiger partial charge in [0.1, 0.15) is 5.82 Å². The Balaban J connectivity index is 1.32. The van der Waals surface area contributed by atoms with E-state index >= 15 is 0 Å². The van der Waals surface area contributed by atoms with Crippen LogP contribution >= 0.6 is 22.9 Å². The number of piperidine rings is 1. The Morgan fingerprint density at radius 1 is 1.27 bits per heavy atom. The lowest BCUT2D eigenvalue weighted by molar-refractivity contribution is -0.125. The Hall–Kier alpha value is -2.97. The van der Waals surface area contributed by atoms with Crippen molar-refractivity contribution in [1.82, 2.24) is 20.1 Å². The molecule has 0 aliphatic carbocycles. The fourth-order valence-corrected chi connectivity index (χ4v) is 5.35. The van der Waals surface area contributed by atoms with E-state index in [1.807, 2.05) is 35.9 Å². The minimum atomic E-state index is -0.280. The number of rotatable bonds is 5. The number of thiazole rings is 1. The van der Waals surface area contributed by atoms with Gasteiger partial charge in [0.2, 0.25) is 5.91 Å². The minimum Gasteiger partial charge on any atom is -0.352 e. The van der Waals surface area contributed by atoms with Gasteiger partial charge in [0, 0.05) is 24.7 Å². The molecule has 0 radical (unpaired) electrons. The molecule has 4 aromatic rings. The molecule has 33 heavy (non-hydrogen) atoms. The van der Waals surface area contributed by atoms with E-state index in [2.05, 4.69) is 15.3 Å². The second-order valence-electron chi connectivity index (χ2n) is 8.26. The standard InChI is InChI=1S/C24H23ClFN5OS/c1-15-21-22(31(29-15)20-6-2-5-18(25)12-20)28-24(33-21)30-11-3-4-17(14-30)23(32)27-13-16-7-9-19(26)10-8-16/h2,5-10,12,17H,3-4,11,13-14H2,1H3,(H,27,32)/t17-/m0/s1. The van der Waals surface area contributed by atoms with Gasteiger partial charge in [0.25, 0.3) is 0 Å². The van der Waals surface area contributed by atoms with Gasteiger partial charge in [-0.05, 0) is 55.7 Å². The van der Waals surface area contributed by atoms with Crippen LogP contribution in [0.15, 0.2) is 48.5 Å². The number of carbonyl (C=O) groups excluding carboxylic acids is 1. The Morgan fingerprint density at radius 3 is 2.88 bits per heavy atom. The Bertz CT molecular complexity index is 1300. The molecule has 1 fully saturated rings. The van der Waals surface area contributed by atoms with Gasteiger partial charge in [-0.2, -0.15) is 10.1 Å². The zero-order chi connectivity index (χ0) is 22.9. The number of anilines is 1. The highest BCUT2D eigenvalue weighted by Crippen LogP contribution is 2.34. The van der Waals surface area contributed by atoms with Crippen LogP contribution in [0.25, 0.3) is 16.0 Å². The number of hydrogen-bond donors (Lipinski definition) is 1. The first-order valence-electron chi connectivity index (χ1n) is 10.9. The molecule has 2 aromatic heterocycles. The summed E-state index contributed by atoms with van der Waals surface area (Å²) < 4.78 is 16.0. The summed E-state index contributed by atoms with van der Waals surface area (Å²) in [5.41, 5.74) is 3.47. The first-order valence-corrected chi connectivity index (χ1v) is 12.1. The lowest BCUT2D eigenvalue weighted by atomic mass is 9.97. The molecule has 9 heteroatoms. The molecule has 0 unspecified atom stereocenters. The number of nitrogens with one attached hydrogen (secondary N) is 1. The van der Waals surface area contributed by atoms with Crippen LogP contribution in [-0.4, -0.2) is 33.8 Å². The Labute approximate surface area is 200 Å². The topological polar surface area (TPSA) is 63.1 Å². The molecule has 1 aliphatic heterocycles. The van der Waals surface area contributed by atoms with Crippen molar-refractivity contribution in [2.24, 2.45) is 5.92 Å². The molecule has 1 amide bonds. The highest BCUT2D eigenvalue weighted by atomic mass is 35.5. The first kappa shape index (κ1) is 21.9. The molecule has 1 aliphatic rings. The van der Waals surface area contributed by atoms with Crippen molar-refractivity contribution in [1.29, 1.82) is 0 Å². The van der Waals surface area contributed by atoms with Crippen molar-refractivity contribution in [2.75, 3.05) is 18.0 Å². The first-order chi connectivity index (χ1) is 16.0. The molecule has 0 bridgehead atoms. The molecular formula is C24H23ClFN5OS. The summed E-state index contributed by atoms with van der Waals surface area (Å²) in [6.45, 7) is 3.86. The van der Waals surface area contributed by atoms with E-state index in [0.29, 0.717) is 18.1 Å². The van der Waals surface area contributed by atoms with Gasteiger partial charge in [-0.25, -0.2) is 9.07 Å². The summed E-state index contributed by atoms with van der Waals surface area (Å²) in [6.07, 6.45) is 1.76. The Morgan fingerprint density at radius 2 is 2.09 bits per heavy atom. The third-order valence-electron chi connectivity index (χ3n) is 5.87. The van der Waals surface area contributed by atoms with E-state index in [1.54, 1.807) is 23.5 Å². The molecule has 6 nitrogen and oxygen atoms in total. The summed E-state index contributed by atoms with van der Waals surface area (Å²) in [6, 6.07) is 13.7. The third kappa shape index (κ3) is 4.58. The zero-order valence-electron chi connectivity index (χ0n) is 18.1. The number of nitrogens with zero attached hydrogens (tertiary/aromatic N) is 4. The van der Waals surface area contributed by atoms with Gasteiger partial charge < -0.3 is 10.2 Å². The fourth-order valence-electron chi connectivity index (χ4n) is 4.15. The van der Waals surface area contributed by atoms with Crippen LogP contribution in [0.1, 0.15) is 24.1 Å². The summed E-state index contributed by atoms with van der Waals surface area (Å²) >= 11 is 7.78. The molecular weight excluding hydrogens is 461 g/mol. The monoisotopic (exact) mass is 483 g/mol. The van der Waals surface area contributed by atoms with Crippen molar-refractivity contribution < 1.29 is 9.18 Å². The second-order valence-corrected chi connectivity index (χ2v) is 9.67. The fraction of sp³-hybridized carbons (Fsp3) is 0.292. The molecule has 170 valence electrons. The summed E-state index contributed by atoms with van der Waals surface area (Å²) in [5, 5.41) is 9.19. The van der Waals surface area contributed by atoms with Crippen LogP contribution in [0.5, 0.6) is 0 Å². The van der Waals surface area contributed by atoms with Crippen LogP contribution in [0.3, 0.4) is 0 Å². The molecule has 0 spiro atoms. The van der Waals surface area contributed by atoms with E-state index < -0.39 is 0 Å². The Kier molecular flexibility index (Phi) is 6.03. The SMILES string of the molecule is Cc1nn(-c2cccc(Cl)c2)c2nc(N3CCC[C@H](C(=O)NCc4ccc(F)cc4)C3)sc12. The lowest BCUT2D eigenvalue weighted by Gasteiger charge is -2.31. The average Bonchev–Trinajstić information content (AvgIpc) is 3.39. The van der Waals surface area contributed by atoms with E-state index in [9.17, 15) is 9.18 Å². The third-order valence-corrected chi connectivity index (χ3v) is 7.32. The number of benzene rings is 2. The lowest BCUT2D eigenvalue weighted by Crippen LogP contribution is -2.43. The van der Waals surface area contributed by atoms with Gasteiger partial charge >= 0.3 is 0 Å². The van der Waals surface area contributed by atoms with Gasteiger partial charge in [0.05, 0.1) is 22.0 Å². The smallest absolute Gasteiger partial charge is 0.225 e. The quantitative estimate of drug-likeness (QED) is 0.428. The average molecular weight is 484 g/mol. The van der Waals surface area contributed by atoms with Gasteiger partial charge in [-0.1, -0.05) is 41.1 Å². The normalized spacial score (nSPS) is 16.3. The van der Waals surface area contributed by atoms with E-state index in [-0.39, 0.29) is 17.6 Å². The predicted molar refractivity (Wildman–Crippen MR) is 130 cm³/mol. The van der Waals surface area contributed by atoms with Crippen LogP contribution in [0.2, 0.25) is 5.02 Å². The van der Waals surface area contributed by atoms with E-state index in [0.717, 1.165) is 51.8 Å². The number of fused-ring (bicyclic) bond motifs is 1. The summed E-state index contributed by atoms with van der Waals surface area (Å²) in [4.78, 5) is 19.9. The predicted octanol–water partition coefficient (Wildman–Crippen LogP) is 5.12. The highest BCUT2D eigenvalue weighted by molar-refractivity contribution is 7.22. The number of carbonyl (C=O) groups is 1. The maximum absolute atomic E-state index is 13.1. The van der Waals surface area contributed by atoms with Crippen molar-refractivity contribution in [2.45, 2.75) is 26.3 Å². The highest BCUT2D eigenvalue weighted by Gasteiger charge is 2.28. The van der Waals surface area contributed by atoms with Crippen molar-refractivity contribution >= 4 is 44.3 Å². The summed E-state index contributed by atoms with van der Waals surface area (Å²) in [5.74, 6) is -0.374.